The van der Waals surface area contributed by atoms with E-state index in [0.717, 1.165) is 19.6 Å². The molecule has 0 aromatic carbocycles. The first-order chi connectivity index (χ1) is 12.9. The Labute approximate surface area is 160 Å². The summed E-state index contributed by atoms with van der Waals surface area (Å²) in [5.74, 6) is 1.55. The van der Waals surface area contributed by atoms with Crippen molar-refractivity contribution in [3.8, 4) is 0 Å². The summed E-state index contributed by atoms with van der Waals surface area (Å²) in [7, 11) is 3.98. The normalized spacial score (nSPS) is 21.9. The minimum absolute atomic E-state index is 0.0729. The second kappa shape index (κ2) is 8.79. The number of nitrogens with zero attached hydrogens (tertiary/aromatic N) is 6. The predicted molar refractivity (Wildman–Crippen MR) is 98.8 cm³/mol. The van der Waals surface area contributed by atoms with Gasteiger partial charge in [-0.1, -0.05) is 5.16 Å². The monoisotopic (exact) mass is 378 g/mol. The molecule has 1 atom stereocenters. The fraction of sp³-hybridized carbons (Fsp3) is 0.778. The van der Waals surface area contributed by atoms with Crippen LogP contribution in [0.5, 0.6) is 0 Å². The molecule has 0 saturated carbocycles. The fourth-order valence-electron chi connectivity index (χ4n) is 3.64. The van der Waals surface area contributed by atoms with Crippen LogP contribution in [0.4, 0.5) is 0 Å². The molecule has 150 valence electrons. The molecule has 3 rings (SSSR count). The molecule has 9 nitrogen and oxygen atoms in total. The van der Waals surface area contributed by atoms with Gasteiger partial charge in [-0.25, -0.2) is 0 Å². The van der Waals surface area contributed by atoms with Gasteiger partial charge in [-0.15, -0.1) is 0 Å². The van der Waals surface area contributed by atoms with E-state index in [9.17, 15) is 9.59 Å². The van der Waals surface area contributed by atoms with Crippen molar-refractivity contribution in [3.63, 3.8) is 0 Å². The van der Waals surface area contributed by atoms with Gasteiger partial charge in [-0.2, -0.15) is 4.98 Å². The predicted octanol–water partition coefficient (Wildman–Crippen LogP) is -0.178. The summed E-state index contributed by atoms with van der Waals surface area (Å²) in [6, 6.07) is 0. The van der Waals surface area contributed by atoms with E-state index in [1.807, 2.05) is 23.9 Å². The van der Waals surface area contributed by atoms with Crippen molar-refractivity contribution in [1.29, 1.82) is 0 Å². The highest BCUT2D eigenvalue weighted by Gasteiger charge is 2.33. The van der Waals surface area contributed by atoms with Gasteiger partial charge in [0.2, 0.25) is 17.7 Å². The lowest BCUT2D eigenvalue weighted by Crippen LogP contribution is -2.53. The SMILES string of the molecule is Cc1nc(CN2CCN(C(=O)C3CCC(=O)N(CCN(C)C)C3)CC2)no1. The molecule has 2 saturated heterocycles. The van der Waals surface area contributed by atoms with E-state index >= 15 is 0 Å². The summed E-state index contributed by atoms with van der Waals surface area (Å²) in [5.41, 5.74) is 0. The van der Waals surface area contributed by atoms with Gasteiger partial charge in [-0.3, -0.25) is 14.5 Å². The summed E-state index contributed by atoms with van der Waals surface area (Å²) in [6.45, 7) is 7.50. The van der Waals surface area contributed by atoms with Crippen LogP contribution >= 0.6 is 0 Å². The molecule has 2 amide bonds. The molecular formula is C18H30N6O3. The number of rotatable bonds is 6. The molecule has 2 aliphatic heterocycles. The third-order valence-corrected chi connectivity index (χ3v) is 5.29. The van der Waals surface area contributed by atoms with E-state index in [2.05, 4.69) is 19.9 Å². The van der Waals surface area contributed by atoms with Crippen LogP contribution in [-0.2, 0) is 16.1 Å². The van der Waals surface area contributed by atoms with Crippen LogP contribution in [0.3, 0.4) is 0 Å². The number of carbonyl (C=O) groups excluding carboxylic acids is 2. The number of likely N-dealkylation sites (N-methyl/N-ethyl adjacent to an activating group) is 1. The van der Waals surface area contributed by atoms with E-state index in [-0.39, 0.29) is 17.7 Å². The summed E-state index contributed by atoms with van der Waals surface area (Å²) in [5, 5.41) is 3.93. The molecule has 1 aromatic heterocycles. The molecule has 9 heteroatoms. The van der Waals surface area contributed by atoms with Crippen LogP contribution in [0.2, 0.25) is 0 Å². The third-order valence-electron chi connectivity index (χ3n) is 5.29. The van der Waals surface area contributed by atoms with Gasteiger partial charge in [0.25, 0.3) is 0 Å². The molecule has 0 aliphatic carbocycles. The van der Waals surface area contributed by atoms with E-state index in [4.69, 9.17) is 4.52 Å². The Hall–Kier alpha value is -2.00. The zero-order valence-corrected chi connectivity index (χ0v) is 16.6. The highest BCUT2D eigenvalue weighted by atomic mass is 16.5. The van der Waals surface area contributed by atoms with E-state index in [0.29, 0.717) is 57.3 Å². The maximum Gasteiger partial charge on any atom is 0.227 e. The third kappa shape index (κ3) is 5.26. The first kappa shape index (κ1) is 19.8. The van der Waals surface area contributed by atoms with Crippen molar-refractivity contribution in [3.05, 3.63) is 11.7 Å². The topological polar surface area (TPSA) is 86.0 Å². The van der Waals surface area contributed by atoms with Crippen molar-refractivity contribution >= 4 is 11.8 Å². The van der Waals surface area contributed by atoms with Crippen LogP contribution in [-0.4, -0.2) is 101 Å². The van der Waals surface area contributed by atoms with Gasteiger partial charge < -0.3 is 19.2 Å². The Morgan fingerprint density at radius 1 is 1.26 bits per heavy atom. The van der Waals surface area contributed by atoms with Crippen molar-refractivity contribution < 1.29 is 14.1 Å². The smallest absolute Gasteiger partial charge is 0.227 e. The van der Waals surface area contributed by atoms with Crippen molar-refractivity contribution in [1.82, 2.24) is 29.7 Å². The van der Waals surface area contributed by atoms with Gasteiger partial charge in [0.1, 0.15) is 0 Å². The van der Waals surface area contributed by atoms with Crippen molar-refractivity contribution in [2.45, 2.75) is 26.3 Å². The lowest BCUT2D eigenvalue weighted by Gasteiger charge is -2.38. The zero-order chi connectivity index (χ0) is 19.4. The Kier molecular flexibility index (Phi) is 6.43. The fourth-order valence-corrected chi connectivity index (χ4v) is 3.64. The maximum atomic E-state index is 12.9. The first-order valence-electron chi connectivity index (χ1n) is 9.65. The number of piperazine rings is 1. The number of likely N-dealkylation sites (tertiary alicyclic amines) is 1. The Morgan fingerprint density at radius 3 is 2.63 bits per heavy atom. The number of aryl methyl sites for hydroxylation is 1. The molecule has 2 aliphatic rings. The van der Waals surface area contributed by atoms with E-state index in [1.165, 1.54) is 0 Å². The minimum Gasteiger partial charge on any atom is -0.341 e. The molecule has 1 unspecified atom stereocenters. The average molecular weight is 378 g/mol. The number of aromatic nitrogens is 2. The molecule has 0 N–H and O–H groups in total. The Morgan fingerprint density at radius 2 is 2.00 bits per heavy atom. The lowest BCUT2D eigenvalue weighted by molar-refractivity contribution is -0.144. The summed E-state index contributed by atoms with van der Waals surface area (Å²) in [6.07, 6.45) is 1.14. The number of hydrogen-bond acceptors (Lipinski definition) is 7. The molecular weight excluding hydrogens is 348 g/mol. The Bertz CT molecular complexity index is 653. The van der Waals surface area contributed by atoms with E-state index < -0.39 is 0 Å². The molecule has 0 spiro atoms. The Balaban J connectivity index is 1.47. The molecule has 0 bridgehead atoms. The highest BCUT2D eigenvalue weighted by Crippen LogP contribution is 2.21. The largest absolute Gasteiger partial charge is 0.341 e. The van der Waals surface area contributed by atoms with Gasteiger partial charge in [0.05, 0.1) is 12.5 Å². The molecule has 1 aromatic rings. The quantitative estimate of drug-likeness (QED) is 0.679. The van der Waals surface area contributed by atoms with Crippen LogP contribution in [0, 0.1) is 12.8 Å². The number of amides is 2. The zero-order valence-electron chi connectivity index (χ0n) is 16.6. The van der Waals surface area contributed by atoms with E-state index in [1.54, 1.807) is 6.92 Å². The van der Waals surface area contributed by atoms with Crippen molar-refractivity contribution in [2.75, 3.05) is 59.9 Å². The summed E-state index contributed by atoms with van der Waals surface area (Å²) >= 11 is 0. The molecule has 27 heavy (non-hydrogen) atoms. The number of hydrogen-bond donors (Lipinski definition) is 0. The van der Waals surface area contributed by atoms with Crippen molar-refractivity contribution in [2.24, 2.45) is 5.92 Å². The van der Waals surface area contributed by atoms with Gasteiger partial charge in [0.15, 0.2) is 5.82 Å². The molecule has 2 fully saturated rings. The highest BCUT2D eigenvalue weighted by molar-refractivity contribution is 5.84. The second-order valence-corrected chi connectivity index (χ2v) is 7.71. The van der Waals surface area contributed by atoms with Crippen LogP contribution in [0.1, 0.15) is 24.6 Å². The molecule has 3 heterocycles. The molecule has 0 radical (unpaired) electrons. The maximum absolute atomic E-state index is 12.9. The van der Waals surface area contributed by atoms with Gasteiger partial charge in [-0.05, 0) is 20.5 Å². The van der Waals surface area contributed by atoms with Crippen LogP contribution < -0.4 is 0 Å². The standard InChI is InChI=1S/C18H30N6O3/c1-14-19-16(20-27-14)13-22-7-10-23(11-8-22)18(26)15-4-5-17(25)24(12-15)9-6-21(2)3/h15H,4-13H2,1-3H3. The van der Waals surface area contributed by atoms with Gasteiger partial charge in [0, 0.05) is 59.2 Å². The number of piperidine rings is 1. The van der Waals surface area contributed by atoms with Crippen LogP contribution in [0.15, 0.2) is 4.52 Å². The second-order valence-electron chi connectivity index (χ2n) is 7.71. The lowest BCUT2D eigenvalue weighted by atomic mass is 9.95. The summed E-state index contributed by atoms with van der Waals surface area (Å²) in [4.78, 5) is 37.4. The summed E-state index contributed by atoms with van der Waals surface area (Å²) < 4.78 is 5.01. The minimum atomic E-state index is -0.0729. The average Bonchev–Trinajstić information content (AvgIpc) is 3.06. The van der Waals surface area contributed by atoms with Crippen LogP contribution in [0.25, 0.3) is 0 Å². The first-order valence-corrected chi connectivity index (χ1v) is 9.65. The number of carbonyl (C=O) groups is 2. The van der Waals surface area contributed by atoms with Gasteiger partial charge >= 0.3 is 0 Å².